The van der Waals surface area contributed by atoms with Gasteiger partial charge in [0.05, 0.1) is 4.90 Å². The van der Waals surface area contributed by atoms with Gasteiger partial charge in [-0.15, -0.1) is 0 Å². The van der Waals surface area contributed by atoms with Gasteiger partial charge < -0.3 is 10.1 Å². The Bertz CT molecular complexity index is 928. The van der Waals surface area contributed by atoms with E-state index in [1.165, 1.54) is 17.7 Å². The fourth-order valence-electron chi connectivity index (χ4n) is 2.61. The lowest BCUT2D eigenvalue weighted by Crippen LogP contribution is -2.40. The monoisotopic (exact) mass is 418 g/mol. The number of benzene rings is 2. The maximum atomic E-state index is 12.4. The van der Waals surface area contributed by atoms with Crippen LogP contribution in [0.3, 0.4) is 0 Å². The van der Waals surface area contributed by atoms with E-state index in [1.807, 2.05) is 24.3 Å². The summed E-state index contributed by atoms with van der Waals surface area (Å²) in [5.74, 6) is 0.725. The summed E-state index contributed by atoms with van der Waals surface area (Å²) in [5, 5.41) is 2.74. The predicted octanol–water partition coefficient (Wildman–Crippen LogP) is 4.29. The molecule has 1 amide bonds. The smallest absolute Gasteiger partial charge is 0.265 e. The zero-order valence-corrected chi connectivity index (χ0v) is 18.6. The van der Waals surface area contributed by atoms with Gasteiger partial charge in [0.2, 0.25) is 10.0 Å². The van der Waals surface area contributed by atoms with Crippen LogP contribution in [0.4, 0.5) is 5.69 Å². The Kier molecular flexibility index (Phi) is 7.08. The molecule has 0 aliphatic carbocycles. The van der Waals surface area contributed by atoms with Crippen molar-refractivity contribution in [2.75, 3.05) is 5.32 Å². The molecule has 0 spiro atoms. The van der Waals surface area contributed by atoms with E-state index in [1.54, 1.807) is 39.8 Å². The fraction of sp³-hybridized carbons (Fsp3) is 0.409. The molecule has 0 aromatic heterocycles. The molecular formula is C22H30N2O4S. The van der Waals surface area contributed by atoms with Gasteiger partial charge in [0.25, 0.3) is 5.91 Å². The van der Waals surface area contributed by atoms with Crippen LogP contribution in [-0.2, 0) is 14.8 Å². The van der Waals surface area contributed by atoms with Gasteiger partial charge >= 0.3 is 0 Å². The maximum Gasteiger partial charge on any atom is 0.265 e. The number of hydrogen-bond acceptors (Lipinski definition) is 4. The largest absolute Gasteiger partial charge is 0.481 e. The lowest BCUT2D eigenvalue weighted by molar-refractivity contribution is -0.122. The molecule has 0 bridgehead atoms. The van der Waals surface area contributed by atoms with Crippen molar-refractivity contribution in [3.63, 3.8) is 0 Å². The minimum Gasteiger partial charge on any atom is -0.481 e. The second-order valence-electron chi connectivity index (χ2n) is 8.35. The van der Waals surface area contributed by atoms with Crippen molar-refractivity contribution in [1.82, 2.24) is 4.72 Å². The van der Waals surface area contributed by atoms with Gasteiger partial charge in [-0.3, -0.25) is 4.79 Å². The molecule has 2 N–H and O–H groups in total. The standard InChI is InChI=1S/C22H30N2O4S/c1-15(2)17-7-11-19(12-8-17)28-16(3)21(25)23-18-9-13-20(14-10-18)29(26,27)24-22(4,5)6/h7-16,24H,1-6H3,(H,23,25)/t16-/m1/s1. The summed E-state index contributed by atoms with van der Waals surface area (Å²) in [4.78, 5) is 12.5. The van der Waals surface area contributed by atoms with E-state index < -0.39 is 21.7 Å². The molecule has 7 heteroatoms. The molecule has 0 fully saturated rings. The zero-order chi connectivity index (χ0) is 21.8. The normalized spacial score (nSPS) is 13.2. The quantitative estimate of drug-likeness (QED) is 0.702. The van der Waals surface area contributed by atoms with Crippen molar-refractivity contribution < 1.29 is 17.9 Å². The number of nitrogens with one attached hydrogen (secondary N) is 2. The highest BCUT2D eigenvalue weighted by atomic mass is 32.2. The van der Waals surface area contributed by atoms with Crippen LogP contribution in [0.25, 0.3) is 0 Å². The fourth-order valence-corrected chi connectivity index (χ4v) is 4.03. The first-order chi connectivity index (χ1) is 13.4. The van der Waals surface area contributed by atoms with Gasteiger partial charge in [0.15, 0.2) is 6.10 Å². The van der Waals surface area contributed by atoms with E-state index in [9.17, 15) is 13.2 Å². The minimum absolute atomic E-state index is 0.139. The topological polar surface area (TPSA) is 84.5 Å². The van der Waals surface area contributed by atoms with Crippen LogP contribution in [0, 0.1) is 0 Å². The molecule has 0 aliphatic heterocycles. The van der Waals surface area contributed by atoms with Gasteiger partial charge in [-0.2, -0.15) is 0 Å². The third-order valence-corrected chi connectivity index (χ3v) is 5.88. The number of rotatable bonds is 7. The number of hydrogen-bond donors (Lipinski definition) is 2. The third-order valence-electron chi connectivity index (χ3n) is 4.10. The predicted molar refractivity (Wildman–Crippen MR) is 116 cm³/mol. The summed E-state index contributed by atoms with van der Waals surface area (Å²) in [7, 11) is -3.62. The molecule has 0 saturated carbocycles. The van der Waals surface area contributed by atoms with Crippen LogP contribution in [0.1, 0.15) is 53.0 Å². The van der Waals surface area contributed by atoms with Crippen LogP contribution < -0.4 is 14.8 Å². The molecular weight excluding hydrogens is 388 g/mol. The Morgan fingerprint density at radius 1 is 0.931 bits per heavy atom. The molecule has 6 nitrogen and oxygen atoms in total. The lowest BCUT2D eigenvalue weighted by atomic mass is 10.0. The second-order valence-corrected chi connectivity index (χ2v) is 10.0. The Morgan fingerprint density at radius 2 is 1.48 bits per heavy atom. The van der Waals surface area contributed by atoms with Gasteiger partial charge in [-0.1, -0.05) is 26.0 Å². The Morgan fingerprint density at radius 3 is 1.97 bits per heavy atom. The Hall–Kier alpha value is -2.38. The van der Waals surface area contributed by atoms with Crippen LogP contribution in [-0.4, -0.2) is 26.0 Å². The highest BCUT2D eigenvalue weighted by molar-refractivity contribution is 7.89. The lowest BCUT2D eigenvalue weighted by Gasteiger charge is -2.20. The van der Waals surface area contributed by atoms with E-state index in [4.69, 9.17) is 4.74 Å². The van der Waals surface area contributed by atoms with Crippen LogP contribution >= 0.6 is 0 Å². The molecule has 2 aromatic rings. The van der Waals surface area contributed by atoms with Gasteiger partial charge in [-0.05, 0) is 75.6 Å². The number of amides is 1. The highest BCUT2D eigenvalue weighted by Crippen LogP contribution is 2.20. The number of ether oxygens (including phenoxy) is 1. The van der Waals surface area contributed by atoms with Gasteiger partial charge in [0, 0.05) is 11.2 Å². The van der Waals surface area contributed by atoms with Crippen LogP contribution in [0.5, 0.6) is 5.75 Å². The van der Waals surface area contributed by atoms with Crippen LogP contribution in [0.2, 0.25) is 0 Å². The average molecular weight is 419 g/mol. The minimum atomic E-state index is -3.62. The number of carbonyl (C=O) groups excluding carboxylic acids is 1. The average Bonchev–Trinajstić information content (AvgIpc) is 2.60. The summed E-state index contributed by atoms with van der Waals surface area (Å²) in [6, 6.07) is 13.7. The van der Waals surface area contributed by atoms with E-state index in [-0.39, 0.29) is 10.8 Å². The summed E-state index contributed by atoms with van der Waals surface area (Å²) in [6.07, 6.45) is -0.703. The molecule has 158 valence electrons. The summed E-state index contributed by atoms with van der Waals surface area (Å²) in [5.41, 5.74) is 1.12. The van der Waals surface area contributed by atoms with E-state index in [2.05, 4.69) is 23.9 Å². The Labute approximate surface area is 173 Å². The van der Waals surface area contributed by atoms with Crippen molar-refractivity contribution in [1.29, 1.82) is 0 Å². The zero-order valence-electron chi connectivity index (χ0n) is 17.8. The van der Waals surface area contributed by atoms with E-state index in [0.29, 0.717) is 17.4 Å². The molecule has 1 atom stereocenters. The van der Waals surface area contributed by atoms with Crippen molar-refractivity contribution in [2.24, 2.45) is 0 Å². The van der Waals surface area contributed by atoms with Crippen molar-refractivity contribution in [3.8, 4) is 5.75 Å². The van der Waals surface area contributed by atoms with E-state index >= 15 is 0 Å². The van der Waals surface area contributed by atoms with Crippen molar-refractivity contribution in [2.45, 2.75) is 64.0 Å². The SMILES string of the molecule is CC(C)c1ccc(O[C@H](C)C(=O)Nc2ccc(S(=O)(=O)NC(C)(C)C)cc2)cc1. The van der Waals surface area contributed by atoms with Gasteiger partial charge in [0.1, 0.15) is 5.75 Å². The molecule has 0 radical (unpaired) electrons. The number of anilines is 1. The molecule has 0 aliphatic rings. The molecule has 2 aromatic carbocycles. The first kappa shape index (κ1) is 22.9. The molecule has 0 heterocycles. The maximum absolute atomic E-state index is 12.4. The first-order valence-electron chi connectivity index (χ1n) is 9.59. The van der Waals surface area contributed by atoms with Crippen molar-refractivity contribution >= 4 is 21.6 Å². The summed E-state index contributed by atoms with van der Waals surface area (Å²) < 4.78 is 33.0. The Balaban J connectivity index is 1.99. The number of carbonyl (C=O) groups is 1. The summed E-state index contributed by atoms with van der Waals surface area (Å²) in [6.45, 7) is 11.2. The summed E-state index contributed by atoms with van der Waals surface area (Å²) >= 11 is 0. The number of sulfonamides is 1. The second kappa shape index (κ2) is 8.97. The highest BCUT2D eigenvalue weighted by Gasteiger charge is 2.22. The molecule has 0 unspecified atom stereocenters. The van der Waals surface area contributed by atoms with Crippen LogP contribution in [0.15, 0.2) is 53.4 Å². The van der Waals surface area contributed by atoms with Gasteiger partial charge in [-0.25, -0.2) is 13.1 Å². The first-order valence-corrected chi connectivity index (χ1v) is 11.1. The molecule has 29 heavy (non-hydrogen) atoms. The molecule has 0 saturated heterocycles. The van der Waals surface area contributed by atoms with Crippen molar-refractivity contribution in [3.05, 3.63) is 54.1 Å². The molecule has 2 rings (SSSR count). The van der Waals surface area contributed by atoms with E-state index in [0.717, 1.165) is 0 Å². The third kappa shape index (κ3) is 6.87.